The number of nitrogens with one attached hydrogen (secondary N) is 1. The van der Waals surface area contributed by atoms with Crippen LogP contribution in [0.2, 0.25) is 0 Å². The molecule has 2 aromatic rings. The van der Waals surface area contributed by atoms with Crippen LogP contribution in [-0.2, 0) is 21.4 Å². The Kier molecular flexibility index (Phi) is 6.39. The minimum atomic E-state index is -3.54. The molecule has 0 radical (unpaired) electrons. The number of ether oxygens (including phenoxy) is 1. The Morgan fingerprint density at radius 3 is 2.27 bits per heavy atom. The highest BCUT2D eigenvalue weighted by Crippen LogP contribution is 2.16. The van der Waals surface area contributed by atoms with Crippen LogP contribution >= 0.6 is 0 Å². The zero-order valence-corrected chi connectivity index (χ0v) is 16.3. The number of hydrogen-bond acceptors (Lipinski definition) is 4. The van der Waals surface area contributed by atoms with Gasteiger partial charge in [-0.05, 0) is 54.8 Å². The molecule has 0 spiro atoms. The first-order valence-electron chi connectivity index (χ1n) is 8.14. The minimum absolute atomic E-state index is 0.114. The number of benzene rings is 2. The molecule has 0 bridgehead atoms. The Balaban J connectivity index is 2.09. The van der Waals surface area contributed by atoms with Crippen molar-refractivity contribution in [2.45, 2.75) is 20.4 Å². The lowest BCUT2D eigenvalue weighted by Crippen LogP contribution is -2.36. The molecule has 0 saturated heterocycles. The van der Waals surface area contributed by atoms with E-state index in [1.807, 2.05) is 26.0 Å². The van der Waals surface area contributed by atoms with Gasteiger partial charge in [-0.15, -0.1) is 0 Å². The zero-order valence-electron chi connectivity index (χ0n) is 15.4. The molecule has 26 heavy (non-hydrogen) atoms. The van der Waals surface area contributed by atoms with Crippen LogP contribution < -0.4 is 10.1 Å². The second-order valence-electron chi connectivity index (χ2n) is 6.23. The van der Waals surface area contributed by atoms with E-state index >= 15 is 0 Å². The molecule has 1 amide bonds. The van der Waals surface area contributed by atoms with Gasteiger partial charge in [0, 0.05) is 12.2 Å². The summed E-state index contributed by atoms with van der Waals surface area (Å²) in [6.45, 7) is 3.81. The smallest absolute Gasteiger partial charge is 0.239 e. The maximum atomic E-state index is 12.3. The van der Waals surface area contributed by atoms with Crippen LogP contribution in [0.5, 0.6) is 5.75 Å². The van der Waals surface area contributed by atoms with Gasteiger partial charge in [-0.25, -0.2) is 8.42 Å². The third-order valence-corrected chi connectivity index (χ3v) is 5.29. The SMILES string of the molecule is COc1ccc(CN(CC(=O)Nc2ccc(C)c(C)c2)S(C)(=O)=O)cc1. The summed E-state index contributed by atoms with van der Waals surface area (Å²) >= 11 is 0. The lowest BCUT2D eigenvalue weighted by molar-refractivity contribution is -0.116. The summed E-state index contributed by atoms with van der Waals surface area (Å²) in [6, 6.07) is 12.6. The first kappa shape index (κ1) is 19.9. The molecule has 6 nitrogen and oxygen atoms in total. The third-order valence-electron chi connectivity index (χ3n) is 4.10. The molecule has 1 N–H and O–H groups in total. The Morgan fingerprint density at radius 1 is 1.08 bits per heavy atom. The molecule has 2 aromatic carbocycles. The normalized spacial score (nSPS) is 11.4. The van der Waals surface area contributed by atoms with Crippen molar-refractivity contribution in [2.24, 2.45) is 0 Å². The fraction of sp³-hybridized carbons (Fsp3) is 0.316. The molecular formula is C19H24N2O4S. The predicted molar refractivity (Wildman–Crippen MR) is 103 cm³/mol. The largest absolute Gasteiger partial charge is 0.497 e. The number of carbonyl (C=O) groups is 1. The van der Waals surface area contributed by atoms with Crippen LogP contribution in [0, 0.1) is 13.8 Å². The van der Waals surface area contributed by atoms with Gasteiger partial charge in [-0.1, -0.05) is 18.2 Å². The van der Waals surface area contributed by atoms with E-state index in [0.29, 0.717) is 11.4 Å². The van der Waals surface area contributed by atoms with E-state index in [9.17, 15) is 13.2 Å². The van der Waals surface area contributed by atoms with Gasteiger partial charge in [-0.2, -0.15) is 4.31 Å². The number of amides is 1. The van der Waals surface area contributed by atoms with Gasteiger partial charge in [-0.3, -0.25) is 4.79 Å². The van der Waals surface area contributed by atoms with E-state index in [2.05, 4.69) is 5.32 Å². The molecule has 7 heteroatoms. The maximum Gasteiger partial charge on any atom is 0.239 e. The highest BCUT2D eigenvalue weighted by Gasteiger charge is 2.20. The van der Waals surface area contributed by atoms with Crippen molar-refractivity contribution in [3.8, 4) is 5.75 Å². The van der Waals surface area contributed by atoms with Crippen molar-refractivity contribution in [1.29, 1.82) is 0 Å². The van der Waals surface area contributed by atoms with E-state index in [1.54, 1.807) is 37.4 Å². The molecule has 0 aliphatic rings. The zero-order chi connectivity index (χ0) is 19.3. The molecule has 0 heterocycles. The molecule has 0 atom stereocenters. The Labute approximate surface area is 154 Å². The number of aryl methyl sites for hydroxylation is 2. The molecular weight excluding hydrogens is 352 g/mol. The van der Waals surface area contributed by atoms with Crippen molar-refractivity contribution in [3.63, 3.8) is 0 Å². The average Bonchev–Trinajstić information content (AvgIpc) is 2.57. The fourth-order valence-corrected chi connectivity index (χ4v) is 3.14. The van der Waals surface area contributed by atoms with Crippen molar-refractivity contribution >= 4 is 21.6 Å². The van der Waals surface area contributed by atoms with Crippen molar-refractivity contribution in [1.82, 2.24) is 4.31 Å². The molecule has 140 valence electrons. The number of sulfonamides is 1. The van der Waals surface area contributed by atoms with Crippen LogP contribution in [-0.4, -0.2) is 38.5 Å². The first-order chi connectivity index (χ1) is 12.2. The van der Waals surface area contributed by atoms with Gasteiger partial charge in [0.1, 0.15) is 5.75 Å². The number of anilines is 1. The van der Waals surface area contributed by atoms with E-state index in [-0.39, 0.29) is 19.0 Å². The summed E-state index contributed by atoms with van der Waals surface area (Å²) < 4.78 is 30.4. The van der Waals surface area contributed by atoms with Crippen LogP contribution in [0.4, 0.5) is 5.69 Å². The highest BCUT2D eigenvalue weighted by atomic mass is 32.2. The van der Waals surface area contributed by atoms with Gasteiger partial charge in [0.2, 0.25) is 15.9 Å². The lowest BCUT2D eigenvalue weighted by atomic mass is 10.1. The van der Waals surface area contributed by atoms with Crippen molar-refractivity contribution in [2.75, 3.05) is 25.2 Å². The third kappa shape index (κ3) is 5.57. The molecule has 0 unspecified atom stereocenters. The molecule has 0 aliphatic heterocycles. The van der Waals surface area contributed by atoms with E-state index < -0.39 is 10.0 Å². The van der Waals surface area contributed by atoms with E-state index in [4.69, 9.17) is 4.74 Å². The number of carbonyl (C=O) groups excluding carboxylic acids is 1. The first-order valence-corrected chi connectivity index (χ1v) is 9.99. The number of nitrogens with zero attached hydrogens (tertiary/aromatic N) is 1. The lowest BCUT2D eigenvalue weighted by Gasteiger charge is -2.20. The van der Waals surface area contributed by atoms with Crippen LogP contribution in [0.1, 0.15) is 16.7 Å². The van der Waals surface area contributed by atoms with Gasteiger partial charge in [0.15, 0.2) is 0 Å². The molecule has 2 rings (SSSR count). The summed E-state index contributed by atoms with van der Waals surface area (Å²) in [5.41, 5.74) is 3.60. The minimum Gasteiger partial charge on any atom is -0.497 e. The molecule has 0 saturated carbocycles. The average molecular weight is 376 g/mol. The van der Waals surface area contributed by atoms with Gasteiger partial charge in [0.25, 0.3) is 0 Å². The fourth-order valence-electron chi connectivity index (χ4n) is 2.40. The Morgan fingerprint density at radius 2 is 1.73 bits per heavy atom. The quantitative estimate of drug-likeness (QED) is 0.806. The van der Waals surface area contributed by atoms with Gasteiger partial charge < -0.3 is 10.1 Å². The van der Waals surface area contributed by atoms with Crippen molar-refractivity contribution in [3.05, 3.63) is 59.2 Å². The van der Waals surface area contributed by atoms with Crippen LogP contribution in [0.25, 0.3) is 0 Å². The standard InChI is InChI=1S/C19H24N2O4S/c1-14-5-8-17(11-15(14)2)20-19(22)13-21(26(4,23)24)12-16-6-9-18(25-3)10-7-16/h5-11H,12-13H2,1-4H3,(H,20,22). The number of methoxy groups -OCH3 is 1. The second-order valence-corrected chi connectivity index (χ2v) is 8.21. The topological polar surface area (TPSA) is 75.7 Å². The van der Waals surface area contributed by atoms with Crippen LogP contribution in [0.3, 0.4) is 0 Å². The summed E-state index contributed by atoms with van der Waals surface area (Å²) in [5, 5.41) is 2.75. The van der Waals surface area contributed by atoms with Crippen molar-refractivity contribution < 1.29 is 17.9 Å². The maximum absolute atomic E-state index is 12.3. The number of hydrogen-bond donors (Lipinski definition) is 1. The number of rotatable bonds is 7. The summed E-state index contributed by atoms with van der Waals surface area (Å²) in [6.07, 6.45) is 1.10. The summed E-state index contributed by atoms with van der Waals surface area (Å²) in [4.78, 5) is 12.3. The summed E-state index contributed by atoms with van der Waals surface area (Å²) in [7, 11) is -1.98. The second kappa shape index (κ2) is 8.33. The Hall–Kier alpha value is -2.38. The molecule has 0 aliphatic carbocycles. The monoisotopic (exact) mass is 376 g/mol. The highest BCUT2D eigenvalue weighted by molar-refractivity contribution is 7.88. The Bertz CT molecular complexity index is 877. The van der Waals surface area contributed by atoms with E-state index in [1.165, 1.54) is 0 Å². The van der Waals surface area contributed by atoms with Gasteiger partial charge in [0.05, 0.1) is 19.9 Å². The molecule has 0 aromatic heterocycles. The molecule has 0 fully saturated rings. The van der Waals surface area contributed by atoms with E-state index in [0.717, 1.165) is 27.3 Å². The van der Waals surface area contributed by atoms with Crippen LogP contribution in [0.15, 0.2) is 42.5 Å². The summed E-state index contributed by atoms with van der Waals surface area (Å²) in [5.74, 6) is 0.305. The predicted octanol–water partition coefficient (Wildman–Crippen LogP) is 2.71. The van der Waals surface area contributed by atoms with Gasteiger partial charge >= 0.3 is 0 Å².